The number of allylic oxidation sites excluding steroid dienone is 2. The second-order valence-corrected chi connectivity index (χ2v) is 8.49. The Morgan fingerprint density at radius 3 is 2.33 bits per heavy atom. The first-order valence-electron chi connectivity index (χ1n) is 7.94. The number of amidine groups is 1. The molecular formula is C19H17N3O3S2. The number of carbonyl (C=O) groups is 1. The van der Waals surface area contributed by atoms with Gasteiger partial charge in [0.05, 0.1) is 15.5 Å². The summed E-state index contributed by atoms with van der Waals surface area (Å²) in [6, 6.07) is 15.3. The number of hydrogen-bond donors (Lipinski definition) is 2. The first-order valence-corrected chi connectivity index (χ1v) is 10.3. The normalized spacial score (nSPS) is 17.0. The van der Waals surface area contributed by atoms with Crippen molar-refractivity contribution in [1.29, 1.82) is 5.41 Å². The Hall–Kier alpha value is -2.68. The van der Waals surface area contributed by atoms with Gasteiger partial charge >= 0.3 is 0 Å². The zero-order chi connectivity index (χ0) is 19.6. The summed E-state index contributed by atoms with van der Waals surface area (Å²) in [6.45, 7) is 1.89. The largest absolute Gasteiger partial charge is 0.278 e. The van der Waals surface area contributed by atoms with Crippen LogP contribution in [0.5, 0.6) is 0 Å². The maximum absolute atomic E-state index is 12.7. The Labute approximate surface area is 161 Å². The molecule has 138 valence electrons. The van der Waals surface area contributed by atoms with E-state index in [0.29, 0.717) is 10.6 Å². The van der Waals surface area contributed by atoms with Crippen LogP contribution in [0.4, 0.5) is 5.69 Å². The molecule has 1 aliphatic rings. The molecule has 0 radical (unpaired) electrons. The van der Waals surface area contributed by atoms with Crippen molar-refractivity contribution in [2.45, 2.75) is 11.8 Å². The van der Waals surface area contributed by atoms with E-state index in [0.717, 1.165) is 22.9 Å². The van der Waals surface area contributed by atoms with Crippen LogP contribution in [0.25, 0.3) is 6.08 Å². The molecule has 1 amide bonds. The minimum Gasteiger partial charge on any atom is -0.278 e. The van der Waals surface area contributed by atoms with Gasteiger partial charge in [-0.1, -0.05) is 36.4 Å². The van der Waals surface area contributed by atoms with E-state index >= 15 is 0 Å². The van der Waals surface area contributed by atoms with Gasteiger partial charge in [-0.2, -0.15) is 0 Å². The number of rotatable bonds is 4. The number of benzene rings is 2. The summed E-state index contributed by atoms with van der Waals surface area (Å²) in [4.78, 5) is 14.3. The van der Waals surface area contributed by atoms with Crippen LogP contribution in [0.3, 0.4) is 0 Å². The molecule has 0 aromatic heterocycles. The first kappa shape index (κ1) is 19.1. The van der Waals surface area contributed by atoms with Gasteiger partial charge in [0.2, 0.25) is 10.0 Å². The molecule has 0 saturated carbocycles. The molecule has 1 aliphatic heterocycles. The standard InChI is InChI=1S/C19H17N3O3S2/c1-13(11-14-5-3-2-4-6-14)12-17-18(23)22(19(20)26-17)15-7-9-16(10-8-15)27(21,24)25/h2-12,20H,1H3,(H2,21,24,25)/b13-11+,17-12-,20-19?. The summed E-state index contributed by atoms with van der Waals surface area (Å²) in [7, 11) is -3.81. The number of amides is 1. The summed E-state index contributed by atoms with van der Waals surface area (Å²) in [5.74, 6) is -0.325. The summed E-state index contributed by atoms with van der Waals surface area (Å²) < 4.78 is 22.7. The average Bonchev–Trinajstić information content (AvgIpc) is 2.88. The molecule has 0 aliphatic carbocycles. The van der Waals surface area contributed by atoms with Crippen LogP contribution in [0, 0.1) is 5.41 Å². The van der Waals surface area contributed by atoms with Crippen LogP contribution in [-0.2, 0) is 14.8 Å². The van der Waals surface area contributed by atoms with Crippen LogP contribution >= 0.6 is 11.8 Å². The molecule has 0 unspecified atom stereocenters. The van der Waals surface area contributed by atoms with Gasteiger partial charge < -0.3 is 0 Å². The van der Waals surface area contributed by atoms with Gasteiger partial charge in [0, 0.05) is 0 Å². The third-order valence-corrected chi connectivity index (χ3v) is 5.62. The molecular weight excluding hydrogens is 382 g/mol. The molecule has 3 N–H and O–H groups in total. The van der Waals surface area contributed by atoms with Gasteiger partial charge in [-0.3, -0.25) is 15.1 Å². The van der Waals surface area contributed by atoms with Crippen LogP contribution in [-0.4, -0.2) is 19.5 Å². The van der Waals surface area contributed by atoms with E-state index in [2.05, 4.69) is 0 Å². The highest BCUT2D eigenvalue weighted by molar-refractivity contribution is 8.19. The smallest absolute Gasteiger partial charge is 0.271 e. The van der Waals surface area contributed by atoms with E-state index in [9.17, 15) is 13.2 Å². The van der Waals surface area contributed by atoms with Gasteiger partial charge in [0.15, 0.2) is 5.17 Å². The predicted molar refractivity (Wildman–Crippen MR) is 109 cm³/mol. The van der Waals surface area contributed by atoms with E-state index in [1.165, 1.54) is 29.2 Å². The monoisotopic (exact) mass is 399 g/mol. The molecule has 2 aromatic rings. The molecule has 0 spiro atoms. The lowest BCUT2D eigenvalue weighted by Gasteiger charge is -2.14. The van der Waals surface area contributed by atoms with E-state index in [-0.39, 0.29) is 16.0 Å². The molecule has 3 rings (SSSR count). The fraction of sp³-hybridized carbons (Fsp3) is 0.0526. The quantitative estimate of drug-likeness (QED) is 0.769. The fourth-order valence-electron chi connectivity index (χ4n) is 2.57. The van der Waals surface area contributed by atoms with Crippen LogP contribution in [0.1, 0.15) is 12.5 Å². The predicted octanol–water partition coefficient (Wildman–Crippen LogP) is 3.34. The number of carbonyl (C=O) groups excluding carboxylic acids is 1. The Kier molecular flexibility index (Phi) is 5.31. The summed E-state index contributed by atoms with van der Waals surface area (Å²) in [5, 5.41) is 13.3. The minimum absolute atomic E-state index is 0.0468. The second-order valence-electron chi connectivity index (χ2n) is 5.89. The second kappa shape index (κ2) is 7.51. The van der Waals surface area contributed by atoms with E-state index < -0.39 is 10.0 Å². The van der Waals surface area contributed by atoms with Crippen LogP contribution in [0.15, 0.2) is 76.0 Å². The number of sulfonamides is 1. The van der Waals surface area contributed by atoms with Gasteiger partial charge in [-0.15, -0.1) is 0 Å². The molecule has 1 saturated heterocycles. The van der Waals surface area contributed by atoms with Crippen molar-refractivity contribution in [1.82, 2.24) is 0 Å². The highest BCUT2D eigenvalue weighted by Crippen LogP contribution is 2.35. The Morgan fingerprint density at radius 2 is 1.74 bits per heavy atom. The summed E-state index contributed by atoms with van der Waals surface area (Å²) in [6.07, 6.45) is 3.70. The lowest BCUT2D eigenvalue weighted by molar-refractivity contribution is -0.113. The zero-order valence-electron chi connectivity index (χ0n) is 14.4. The third-order valence-electron chi connectivity index (χ3n) is 3.80. The van der Waals surface area contributed by atoms with Crippen molar-refractivity contribution in [3.05, 3.63) is 76.7 Å². The number of primary sulfonamides is 1. The van der Waals surface area contributed by atoms with Crippen LogP contribution in [0.2, 0.25) is 0 Å². The number of nitrogens with two attached hydrogens (primary N) is 1. The average molecular weight is 399 g/mol. The fourth-order valence-corrected chi connectivity index (χ4v) is 3.99. The number of hydrogen-bond acceptors (Lipinski definition) is 5. The van der Waals surface area contributed by atoms with E-state index in [1.807, 2.05) is 43.3 Å². The van der Waals surface area contributed by atoms with Crippen molar-refractivity contribution >= 4 is 44.6 Å². The van der Waals surface area contributed by atoms with Crippen molar-refractivity contribution < 1.29 is 13.2 Å². The topological polar surface area (TPSA) is 104 Å². The Balaban J connectivity index is 1.86. The maximum atomic E-state index is 12.7. The van der Waals surface area contributed by atoms with E-state index in [4.69, 9.17) is 10.5 Å². The highest BCUT2D eigenvalue weighted by atomic mass is 32.2. The molecule has 8 heteroatoms. The molecule has 0 atom stereocenters. The van der Waals surface area contributed by atoms with Gasteiger partial charge in [-0.25, -0.2) is 13.6 Å². The number of thioether (sulfide) groups is 1. The summed E-state index contributed by atoms with van der Waals surface area (Å²) in [5.41, 5.74) is 2.32. The molecule has 1 fully saturated rings. The zero-order valence-corrected chi connectivity index (χ0v) is 16.0. The molecule has 0 bridgehead atoms. The lowest BCUT2D eigenvalue weighted by Crippen LogP contribution is -2.28. The minimum atomic E-state index is -3.81. The Bertz CT molecular complexity index is 1060. The van der Waals surface area contributed by atoms with Crippen molar-refractivity contribution in [3.63, 3.8) is 0 Å². The maximum Gasteiger partial charge on any atom is 0.271 e. The molecule has 6 nitrogen and oxygen atoms in total. The van der Waals surface area contributed by atoms with Gasteiger partial charge in [0.1, 0.15) is 0 Å². The van der Waals surface area contributed by atoms with Gasteiger partial charge in [0.25, 0.3) is 5.91 Å². The third kappa shape index (κ3) is 4.36. The van der Waals surface area contributed by atoms with Crippen molar-refractivity contribution in [2.24, 2.45) is 5.14 Å². The molecule has 2 aromatic carbocycles. The lowest BCUT2D eigenvalue weighted by atomic mass is 10.1. The molecule has 27 heavy (non-hydrogen) atoms. The summed E-state index contributed by atoms with van der Waals surface area (Å²) >= 11 is 1.06. The highest BCUT2D eigenvalue weighted by Gasteiger charge is 2.33. The van der Waals surface area contributed by atoms with Gasteiger partial charge in [-0.05, 0) is 60.2 Å². The number of anilines is 1. The van der Waals surface area contributed by atoms with Crippen molar-refractivity contribution in [3.8, 4) is 0 Å². The molecule has 1 heterocycles. The van der Waals surface area contributed by atoms with Crippen molar-refractivity contribution in [2.75, 3.05) is 4.90 Å². The Morgan fingerprint density at radius 1 is 1.11 bits per heavy atom. The first-order chi connectivity index (χ1) is 12.8. The van der Waals surface area contributed by atoms with Crippen LogP contribution < -0.4 is 10.0 Å². The van der Waals surface area contributed by atoms with E-state index in [1.54, 1.807) is 6.08 Å². The number of nitrogens with one attached hydrogen (secondary N) is 1. The SMILES string of the molecule is CC(/C=C1\SC(=N)N(c2ccc(S(N)(=O)=O)cc2)C1=O)=C\c1ccccc1. The number of nitrogens with zero attached hydrogens (tertiary/aromatic N) is 1.